The molecule has 0 saturated carbocycles. The number of nitrogens with one attached hydrogen (secondary N) is 1. The molecule has 4 nitrogen and oxygen atoms in total. The van der Waals surface area contributed by atoms with E-state index in [0.29, 0.717) is 11.3 Å². The molecule has 0 aromatic heterocycles. The maximum atomic E-state index is 12.2. The molecule has 2 rings (SSSR count). The lowest BCUT2D eigenvalue weighted by molar-refractivity contribution is -0.115. The number of hydrogen-bond acceptors (Lipinski definition) is 2. The standard InChI is InChI=1S/C18H20N2O2/c1-13-8-4-5-9-14(13)12-17(21)19-16-11-7-6-10-15(16)18(22)20(2)3/h4-11H,12H2,1-3H3,(H,19,21). The molecule has 114 valence electrons. The quantitative estimate of drug-likeness (QED) is 0.943. The highest BCUT2D eigenvalue weighted by Crippen LogP contribution is 2.17. The molecule has 0 spiro atoms. The number of aryl methyl sites for hydroxylation is 1. The van der Waals surface area contributed by atoms with E-state index >= 15 is 0 Å². The van der Waals surface area contributed by atoms with Crippen molar-refractivity contribution in [3.8, 4) is 0 Å². The molecule has 0 bridgehead atoms. The Bertz CT molecular complexity index is 693. The number of rotatable bonds is 4. The third-order valence-corrected chi connectivity index (χ3v) is 3.45. The number of carbonyl (C=O) groups is 2. The Balaban J connectivity index is 2.16. The zero-order chi connectivity index (χ0) is 16.1. The molecule has 0 aliphatic rings. The Morgan fingerprint density at radius 2 is 1.64 bits per heavy atom. The summed E-state index contributed by atoms with van der Waals surface area (Å²) in [7, 11) is 3.38. The smallest absolute Gasteiger partial charge is 0.255 e. The maximum absolute atomic E-state index is 12.2. The van der Waals surface area contributed by atoms with E-state index in [1.807, 2.05) is 31.2 Å². The van der Waals surface area contributed by atoms with E-state index in [1.54, 1.807) is 38.4 Å². The first kappa shape index (κ1) is 15.8. The fraction of sp³-hybridized carbons (Fsp3) is 0.222. The van der Waals surface area contributed by atoms with Crippen molar-refractivity contribution >= 4 is 17.5 Å². The van der Waals surface area contributed by atoms with E-state index in [0.717, 1.165) is 11.1 Å². The van der Waals surface area contributed by atoms with Gasteiger partial charge in [0.05, 0.1) is 17.7 Å². The third-order valence-electron chi connectivity index (χ3n) is 3.45. The molecule has 1 N–H and O–H groups in total. The molecule has 22 heavy (non-hydrogen) atoms. The number of amides is 2. The summed E-state index contributed by atoms with van der Waals surface area (Å²) in [4.78, 5) is 25.9. The van der Waals surface area contributed by atoms with Gasteiger partial charge in [0.2, 0.25) is 5.91 Å². The van der Waals surface area contributed by atoms with Crippen molar-refractivity contribution in [3.63, 3.8) is 0 Å². The summed E-state index contributed by atoms with van der Waals surface area (Å²) in [5.74, 6) is -0.264. The predicted octanol–water partition coefficient (Wildman–Crippen LogP) is 2.88. The normalized spacial score (nSPS) is 10.1. The summed E-state index contributed by atoms with van der Waals surface area (Å²) in [5, 5.41) is 2.84. The highest BCUT2D eigenvalue weighted by atomic mass is 16.2. The van der Waals surface area contributed by atoms with Crippen LogP contribution in [0.15, 0.2) is 48.5 Å². The fourth-order valence-corrected chi connectivity index (χ4v) is 2.20. The SMILES string of the molecule is Cc1ccccc1CC(=O)Nc1ccccc1C(=O)N(C)C. The Hall–Kier alpha value is -2.62. The monoisotopic (exact) mass is 296 g/mol. The molecule has 2 aromatic carbocycles. The van der Waals surface area contributed by atoms with Gasteiger partial charge in [0.1, 0.15) is 0 Å². The molecule has 0 heterocycles. The number of nitrogens with zero attached hydrogens (tertiary/aromatic N) is 1. The van der Waals surface area contributed by atoms with E-state index in [2.05, 4.69) is 5.32 Å². The molecule has 2 aromatic rings. The highest BCUT2D eigenvalue weighted by molar-refractivity contribution is 6.03. The first-order chi connectivity index (χ1) is 10.5. The van der Waals surface area contributed by atoms with Crippen LogP contribution in [0, 0.1) is 6.92 Å². The fourth-order valence-electron chi connectivity index (χ4n) is 2.20. The topological polar surface area (TPSA) is 49.4 Å². The van der Waals surface area contributed by atoms with Gasteiger partial charge in [-0.15, -0.1) is 0 Å². The van der Waals surface area contributed by atoms with Gasteiger partial charge >= 0.3 is 0 Å². The minimum Gasteiger partial charge on any atom is -0.345 e. The van der Waals surface area contributed by atoms with Gasteiger partial charge in [0.25, 0.3) is 5.91 Å². The van der Waals surface area contributed by atoms with Gasteiger partial charge in [-0.05, 0) is 30.2 Å². The maximum Gasteiger partial charge on any atom is 0.255 e. The lowest BCUT2D eigenvalue weighted by atomic mass is 10.1. The van der Waals surface area contributed by atoms with Crippen molar-refractivity contribution in [2.45, 2.75) is 13.3 Å². The lowest BCUT2D eigenvalue weighted by Gasteiger charge is -2.15. The average molecular weight is 296 g/mol. The summed E-state index contributed by atoms with van der Waals surface area (Å²) in [6.07, 6.45) is 0.289. The molecule has 4 heteroatoms. The molecular weight excluding hydrogens is 276 g/mol. The van der Waals surface area contributed by atoms with Gasteiger partial charge in [0, 0.05) is 14.1 Å². The molecule has 0 unspecified atom stereocenters. The molecular formula is C18H20N2O2. The van der Waals surface area contributed by atoms with Crippen LogP contribution >= 0.6 is 0 Å². The molecule has 0 aliphatic heterocycles. The van der Waals surface area contributed by atoms with Crippen LogP contribution in [0.5, 0.6) is 0 Å². The number of benzene rings is 2. The van der Waals surface area contributed by atoms with Crippen molar-refractivity contribution in [1.82, 2.24) is 4.90 Å². The van der Waals surface area contributed by atoms with Gasteiger partial charge in [-0.3, -0.25) is 9.59 Å². The first-order valence-corrected chi connectivity index (χ1v) is 7.14. The molecule has 2 amide bonds. The molecule has 0 atom stereocenters. The summed E-state index contributed by atoms with van der Waals surface area (Å²) in [6.45, 7) is 1.98. The van der Waals surface area contributed by atoms with Crippen molar-refractivity contribution in [3.05, 3.63) is 65.2 Å². The van der Waals surface area contributed by atoms with Crippen LogP contribution in [0.25, 0.3) is 0 Å². The summed E-state index contributed by atoms with van der Waals surface area (Å²) >= 11 is 0. The van der Waals surface area contributed by atoms with Crippen molar-refractivity contribution < 1.29 is 9.59 Å². The Labute approximate surface area is 130 Å². The number of para-hydroxylation sites is 1. The van der Waals surface area contributed by atoms with E-state index < -0.39 is 0 Å². The van der Waals surface area contributed by atoms with Gasteiger partial charge in [0.15, 0.2) is 0 Å². The van der Waals surface area contributed by atoms with Crippen molar-refractivity contribution in [1.29, 1.82) is 0 Å². The van der Waals surface area contributed by atoms with E-state index in [1.165, 1.54) is 4.90 Å². The van der Waals surface area contributed by atoms with Crippen LogP contribution in [0.2, 0.25) is 0 Å². The Morgan fingerprint density at radius 3 is 2.32 bits per heavy atom. The minimum absolute atomic E-state index is 0.131. The van der Waals surface area contributed by atoms with Crippen LogP contribution in [-0.4, -0.2) is 30.8 Å². The highest BCUT2D eigenvalue weighted by Gasteiger charge is 2.14. The second-order valence-electron chi connectivity index (χ2n) is 5.40. The second kappa shape index (κ2) is 6.89. The average Bonchev–Trinajstić information content (AvgIpc) is 2.49. The van der Waals surface area contributed by atoms with Crippen LogP contribution in [0.1, 0.15) is 21.5 Å². The summed E-state index contributed by atoms with van der Waals surface area (Å²) in [5.41, 5.74) is 3.09. The second-order valence-corrected chi connectivity index (χ2v) is 5.40. The molecule has 0 aliphatic carbocycles. The third kappa shape index (κ3) is 3.73. The van der Waals surface area contributed by atoms with Crippen molar-refractivity contribution in [2.24, 2.45) is 0 Å². The van der Waals surface area contributed by atoms with E-state index in [4.69, 9.17) is 0 Å². The lowest BCUT2D eigenvalue weighted by Crippen LogP contribution is -2.24. The molecule has 0 saturated heterocycles. The zero-order valence-corrected chi connectivity index (χ0v) is 13.1. The predicted molar refractivity (Wildman–Crippen MR) is 88.0 cm³/mol. The molecule has 0 fully saturated rings. The van der Waals surface area contributed by atoms with Crippen LogP contribution in [0.4, 0.5) is 5.69 Å². The summed E-state index contributed by atoms with van der Waals surface area (Å²) in [6, 6.07) is 14.8. The summed E-state index contributed by atoms with van der Waals surface area (Å²) < 4.78 is 0. The number of hydrogen-bond donors (Lipinski definition) is 1. The van der Waals surface area contributed by atoms with Gasteiger partial charge in [-0.25, -0.2) is 0 Å². The molecule has 0 radical (unpaired) electrons. The number of anilines is 1. The minimum atomic E-state index is -0.133. The largest absolute Gasteiger partial charge is 0.345 e. The van der Waals surface area contributed by atoms with Crippen LogP contribution < -0.4 is 5.32 Å². The zero-order valence-electron chi connectivity index (χ0n) is 13.1. The van der Waals surface area contributed by atoms with Gasteiger partial charge < -0.3 is 10.2 Å². The first-order valence-electron chi connectivity index (χ1n) is 7.14. The van der Waals surface area contributed by atoms with Gasteiger partial charge in [-0.1, -0.05) is 36.4 Å². The van der Waals surface area contributed by atoms with E-state index in [9.17, 15) is 9.59 Å². The van der Waals surface area contributed by atoms with Gasteiger partial charge in [-0.2, -0.15) is 0 Å². The van der Waals surface area contributed by atoms with E-state index in [-0.39, 0.29) is 18.2 Å². The van der Waals surface area contributed by atoms with Crippen LogP contribution in [-0.2, 0) is 11.2 Å². The van der Waals surface area contributed by atoms with Crippen molar-refractivity contribution in [2.75, 3.05) is 19.4 Å². The van der Waals surface area contributed by atoms with Crippen LogP contribution in [0.3, 0.4) is 0 Å². The Kier molecular flexibility index (Phi) is 4.94. The number of carbonyl (C=O) groups excluding carboxylic acids is 2. The Morgan fingerprint density at radius 1 is 1.00 bits per heavy atom.